The smallest absolute Gasteiger partial charge is 0.134 e. The molecule has 0 unspecified atom stereocenters. The average molecular weight is 203 g/mol. The SMILES string of the molecule is Nc1cc(C2CC2)nc(C2CCCC2)n1. The van der Waals surface area contributed by atoms with E-state index in [-0.39, 0.29) is 0 Å². The molecule has 2 saturated carbocycles. The Morgan fingerprint density at radius 1 is 1.00 bits per heavy atom. The molecule has 3 rings (SSSR count). The van der Waals surface area contributed by atoms with Crippen LogP contribution in [0.2, 0.25) is 0 Å². The third-order valence-corrected chi connectivity index (χ3v) is 3.50. The molecule has 2 N–H and O–H groups in total. The zero-order chi connectivity index (χ0) is 10.3. The van der Waals surface area contributed by atoms with Gasteiger partial charge in [-0.2, -0.15) is 0 Å². The first-order chi connectivity index (χ1) is 7.33. The molecule has 0 spiro atoms. The third kappa shape index (κ3) is 1.83. The molecule has 80 valence electrons. The Bertz CT molecular complexity index is 365. The average Bonchev–Trinajstić information content (AvgIpc) is 2.93. The Hall–Kier alpha value is -1.12. The summed E-state index contributed by atoms with van der Waals surface area (Å²) in [6.45, 7) is 0. The van der Waals surface area contributed by atoms with Crippen molar-refractivity contribution >= 4 is 5.82 Å². The van der Waals surface area contributed by atoms with Crippen molar-refractivity contribution in [3.63, 3.8) is 0 Å². The fourth-order valence-corrected chi connectivity index (χ4v) is 2.46. The summed E-state index contributed by atoms with van der Waals surface area (Å²) in [6, 6.07) is 1.95. The maximum absolute atomic E-state index is 5.84. The van der Waals surface area contributed by atoms with Crippen molar-refractivity contribution < 1.29 is 0 Å². The summed E-state index contributed by atoms with van der Waals surface area (Å²) in [5.74, 6) is 2.92. The molecule has 2 aliphatic carbocycles. The Kier molecular flexibility index (Phi) is 2.11. The lowest BCUT2D eigenvalue weighted by Crippen LogP contribution is -2.06. The molecule has 0 aliphatic heterocycles. The van der Waals surface area contributed by atoms with Crippen LogP contribution in [0.3, 0.4) is 0 Å². The van der Waals surface area contributed by atoms with E-state index < -0.39 is 0 Å². The van der Waals surface area contributed by atoms with Crippen molar-refractivity contribution in [1.82, 2.24) is 9.97 Å². The molecule has 2 aliphatic rings. The van der Waals surface area contributed by atoms with Crippen LogP contribution < -0.4 is 5.73 Å². The molecular formula is C12H17N3. The van der Waals surface area contributed by atoms with Gasteiger partial charge in [0.15, 0.2) is 0 Å². The van der Waals surface area contributed by atoms with Crippen molar-refractivity contribution in [2.24, 2.45) is 0 Å². The van der Waals surface area contributed by atoms with Crippen LogP contribution >= 0.6 is 0 Å². The van der Waals surface area contributed by atoms with E-state index in [9.17, 15) is 0 Å². The molecule has 0 radical (unpaired) electrons. The molecule has 1 aromatic rings. The minimum Gasteiger partial charge on any atom is -0.384 e. The largest absolute Gasteiger partial charge is 0.384 e. The summed E-state index contributed by atoms with van der Waals surface area (Å²) >= 11 is 0. The Balaban J connectivity index is 1.91. The number of nitrogen functional groups attached to an aromatic ring is 1. The molecule has 0 amide bonds. The lowest BCUT2D eigenvalue weighted by Gasteiger charge is -2.09. The highest BCUT2D eigenvalue weighted by molar-refractivity contribution is 5.33. The van der Waals surface area contributed by atoms with Crippen molar-refractivity contribution in [3.05, 3.63) is 17.6 Å². The maximum atomic E-state index is 5.84. The summed E-state index contributed by atoms with van der Waals surface area (Å²) in [4.78, 5) is 9.08. The van der Waals surface area contributed by atoms with E-state index in [2.05, 4.69) is 9.97 Å². The molecule has 15 heavy (non-hydrogen) atoms. The number of rotatable bonds is 2. The molecular weight excluding hydrogens is 186 g/mol. The van der Waals surface area contributed by atoms with Gasteiger partial charge in [0, 0.05) is 23.6 Å². The van der Waals surface area contributed by atoms with E-state index >= 15 is 0 Å². The predicted molar refractivity (Wildman–Crippen MR) is 59.6 cm³/mol. The van der Waals surface area contributed by atoms with Crippen LogP contribution in [0.1, 0.15) is 61.9 Å². The van der Waals surface area contributed by atoms with Crippen LogP contribution in [0.5, 0.6) is 0 Å². The zero-order valence-corrected chi connectivity index (χ0v) is 8.95. The zero-order valence-electron chi connectivity index (χ0n) is 8.95. The number of aromatic nitrogens is 2. The third-order valence-electron chi connectivity index (χ3n) is 3.50. The van der Waals surface area contributed by atoms with Gasteiger partial charge in [-0.15, -0.1) is 0 Å². The summed E-state index contributed by atoms with van der Waals surface area (Å²) < 4.78 is 0. The fraction of sp³-hybridized carbons (Fsp3) is 0.667. The molecule has 3 nitrogen and oxygen atoms in total. The molecule has 1 aromatic heterocycles. The number of hydrogen-bond donors (Lipinski definition) is 1. The fourth-order valence-electron chi connectivity index (χ4n) is 2.46. The second-order valence-corrected chi connectivity index (χ2v) is 4.83. The van der Waals surface area contributed by atoms with E-state index in [0.717, 1.165) is 5.82 Å². The van der Waals surface area contributed by atoms with Gasteiger partial charge in [0.25, 0.3) is 0 Å². The minimum atomic E-state index is 0.575. The van der Waals surface area contributed by atoms with Gasteiger partial charge in [0.2, 0.25) is 0 Å². The Morgan fingerprint density at radius 3 is 2.40 bits per heavy atom. The molecule has 1 heterocycles. The van der Waals surface area contributed by atoms with E-state index in [1.54, 1.807) is 0 Å². The lowest BCUT2D eigenvalue weighted by molar-refractivity contribution is 0.662. The monoisotopic (exact) mass is 203 g/mol. The highest BCUT2D eigenvalue weighted by atomic mass is 15.0. The number of anilines is 1. The molecule has 0 aromatic carbocycles. The molecule has 0 bridgehead atoms. The number of nitrogens with two attached hydrogens (primary N) is 1. The van der Waals surface area contributed by atoms with Crippen molar-refractivity contribution in [1.29, 1.82) is 0 Å². The van der Waals surface area contributed by atoms with Gasteiger partial charge >= 0.3 is 0 Å². The van der Waals surface area contributed by atoms with Gasteiger partial charge in [-0.05, 0) is 25.7 Å². The first-order valence-electron chi connectivity index (χ1n) is 5.97. The molecule has 3 heteroatoms. The number of nitrogens with zero attached hydrogens (tertiary/aromatic N) is 2. The lowest BCUT2D eigenvalue weighted by atomic mass is 10.1. The van der Waals surface area contributed by atoms with Crippen LogP contribution in [-0.2, 0) is 0 Å². The Labute approximate surface area is 90.1 Å². The quantitative estimate of drug-likeness (QED) is 0.803. The van der Waals surface area contributed by atoms with Crippen LogP contribution in [0.15, 0.2) is 6.07 Å². The van der Waals surface area contributed by atoms with Crippen LogP contribution in [-0.4, -0.2) is 9.97 Å². The van der Waals surface area contributed by atoms with E-state index in [0.29, 0.717) is 17.7 Å². The van der Waals surface area contributed by atoms with Gasteiger partial charge in [0.05, 0.1) is 0 Å². The normalized spacial score (nSPS) is 22.1. The van der Waals surface area contributed by atoms with Crippen LogP contribution in [0.25, 0.3) is 0 Å². The van der Waals surface area contributed by atoms with Crippen molar-refractivity contribution in [3.8, 4) is 0 Å². The number of hydrogen-bond acceptors (Lipinski definition) is 3. The van der Waals surface area contributed by atoms with Gasteiger partial charge in [-0.25, -0.2) is 9.97 Å². The highest BCUT2D eigenvalue weighted by Crippen LogP contribution is 2.40. The summed E-state index contributed by atoms with van der Waals surface area (Å²) in [7, 11) is 0. The van der Waals surface area contributed by atoms with Crippen molar-refractivity contribution in [2.75, 3.05) is 5.73 Å². The minimum absolute atomic E-state index is 0.575. The second-order valence-electron chi connectivity index (χ2n) is 4.83. The summed E-state index contributed by atoms with van der Waals surface area (Å²) in [6.07, 6.45) is 7.69. The second kappa shape index (κ2) is 3.47. The van der Waals surface area contributed by atoms with E-state index in [4.69, 9.17) is 5.73 Å². The van der Waals surface area contributed by atoms with Crippen molar-refractivity contribution in [2.45, 2.75) is 50.4 Å². The molecule has 2 fully saturated rings. The first-order valence-corrected chi connectivity index (χ1v) is 5.97. The van der Waals surface area contributed by atoms with Gasteiger partial charge < -0.3 is 5.73 Å². The van der Waals surface area contributed by atoms with Crippen LogP contribution in [0, 0.1) is 0 Å². The Morgan fingerprint density at radius 2 is 1.73 bits per heavy atom. The predicted octanol–water partition coefficient (Wildman–Crippen LogP) is 2.59. The summed E-state index contributed by atoms with van der Waals surface area (Å²) in [5.41, 5.74) is 7.03. The molecule has 0 saturated heterocycles. The maximum Gasteiger partial charge on any atom is 0.134 e. The van der Waals surface area contributed by atoms with E-state index in [1.165, 1.54) is 44.2 Å². The topological polar surface area (TPSA) is 51.8 Å². The van der Waals surface area contributed by atoms with Gasteiger partial charge in [-0.3, -0.25) is 0 Å². The van der Waals surface area contributed by atoms with Gasteiger partial charge in [-0.1, -0.05) is 12.8 Å². The highest BCUT2D eigenvalue weighted by Gasteiger charge is 2.27. The first kappa shape index (κ1) is 9.13. The summed E-state index contributed by atoms with van der Waals surface area (Å²) in [5, 5.41) is 0. The van der Waals surface area contributed by atoms with E-state index in [1.807, 2.05) is 6.07 Å². The molecule has 0 atom stereocenters. The van der Waals surface area contributed by atoms with Gasteiger partial charge in [0.1, 0.15) is 11.6 Å². The standard InChI is InChI=1S/C12H17N3/c13-11-7-10(8-5-6-8)14-12(15-11)9-3-1-2-4-9/h7-9H,1-6H2,(H2,13,14,15). The van der Waals surface area contributed by atoms with Crippen LogP contribution in [0.4, 0.5) is 5.82 Å².